The lowest BCUT2D eigenvalue weighted by molar-refractivity contribution is -0.153. The summed E-state index contributed by atoms with van der Waals surface area (Å²) in [5.74, 6) is -0.124. The molecule has 2 rings (SSSR count). The van der Waals surface area contributed by atoms with Crippen LogP contribution in [0.2, 0.25) is 0 Å². The van der Waals surface area contributed by atoms with Gasteiger partial charge in [0.15, 0.2) is 5.79 Å². The second-order valence-electron chi connectivity index (χ2n) is 6.23. The van der Waals surface area contributed by atoms with Gasteiger partial charge in [0.05, 0.1) is 13.2 Å². The van der Waals surface area contributed by atoms with E-state index in [-0.39, 0.29) is 6.03 Å². The maximum atomic E-state index is 12.1. The average molecular weight is 284 g/mol. The van der Waals surface area contributed by atoms with E-state index in [9.17, 15) is 4.79 Å². The molecular weight excluding hydrogens is 256 g/mol. The van der Waals surface area contributed by atoms with E-state index < -0.39 is 5.79 Å². The molecule has 2 heterocycles. The fraction of sp³-hybridized carbons (Fsp3) is 0.933. The third-order valence-corrected chi connectivity index (χ3v) is 4.11. The molecule has 0 unspecified atom stereocenters. The highest BCUT2D eigenvalue weighted by Gasteiger charge is 2.32. The Morgan fingerprint density at radius 1 is 1.20 bits per heavy atom. The number of likely N-dealkylation sites (tertiary alicyclic amines) is 1. The summed E-state index contributed by atoms with van der Waals surface area (Å²) in [6, 6.07) is 0.0807. The lowest BCUT2D eigenvalue weighted by Crippen LogP contribution is -2.43. The normalized spacial score (nSPS) is 24.2. The molecule has 0 aromatic heterocycles. The van der Waals surface area contributed by atoms with Crippen molar-refractivity contribution in [1.29, 1.82) is 0 Å². The maximum Gasteiger partial charge on any atom is 0.317 e. The largest absolute Gasteiger partial charge is 0.348 e. The third-order valence-electron chi connectivity index (χ3n) is 4.11. The molecule has 0 bridgehead atoms. The highest BCUT2D eigenvalue weighted by molar-refractivity contribution is 5.74. The van der Waals surface area contributed by atoms with Crippen LogP contribution in [0, 0.1) is 5.92 Å². The predicted molar refractivity (Wildman–Crippen MR) is 77.5 cm³/mol. The minimum absolute atomic E-state index is 0.0807. The summed E-state index contributed by atoms with van der Waals surface area (Å²) in [6.45, 7) is 7.91. The van der Waals surface area contributed by atoms with E-state index in [0.717, 1.165) is 32.4 Å². The van der Waals surface area contributed by atoms with Crippen molar-refractivity contribution in [2.24, 2.45) is 5.92 Å². The van der Waals surface area contributed by atoms with Crippen LogP contribution in [-0.4, -0.2) is 49.6 Å². The molecule has 5 nitrogen and oxygen atoms in total. The van der Waals surface area contributed by atoms with Crippen LogP contribution in [0.4, 0.5) is 4.79 Å². The zero-order valence-electron chi connectivity index (χ0n) is 12.8. The smallest absolute Gasteiger partial charge is 0.317 e. The van der Waals surface area contributed by atoms with Crippen LogP contribution in [0.15, 0.2) is 0 Å². The molecule has 2 saturated heterocycles. The Balaban J connectivity index is 1.69. The molecule has 2 fully saturated rings. The zero-order valence-corrected chi connectivity index (χ0v) is 12.8. The summed E-state index contributed by atoms with van der Waals surface area (Å²) in [5, 5.41) is 3.05. The topological polar surface area (TPSA) is 50.8 Å². The van der Waals surface area contributed by atoms with Crippen molar-refractivity contribution >= 4 is 6.03 Å². The van der Waals surface area contributed by atoms with Crippen molar-refractivity contribution in [3.05, 3.63) is 0 Å². The van der Waals surface area contributed by atoms with E-state index in [1.807, 2.05) is 11.8 Å². The van der Waals surface area contributed by atoms with Gasteiger partial charge in [-0.25, -0.2) is 4.79 Å². The van der Waals surface area contributed by atoms with Gasteiger partial charge >= 0.3 is 6.03 Å². The van der Waals surface area contributed by atoms with Gasteiger partial charge in [-0.15, -0.1) is 0 Å². The molecule has 0 aromatic rings. The highest BCUT2D eigenvalue weighted by Crippen LogP contribution is 2.26. The van der Waals surface area contributed by atoms with Crippen molar-refractivity contribution in [3.8, 4) is 0 Å². The molecule has 1 N–H and O–H groups in total. The second-order valence-corrected chi connectivity index (χ2v) is 6.23. The minimum Gasteiger partial charge on any atom is -0.348 e. The van der Waals surface area contributed by atoms with Gasteiger partial charge < -0.3 is 19.7 Å². The Hall–Kier alpha value is -0.810. The number of carbonyl (C=O) groups is 1. The number of hydrogen-bond acceptors (Lipinski definition) is 3. The molecule has 0 saturated carbocycles. The van der Waals surface area contributed by atoms with Crippen molar-refractivity contribution in [1.82, 2.24) is 10.2 Å². The highest BCUT2D eigenvalue weighted by atomic mass is 16.7. The first-order chi connectivity index (χ1) is 9.59. The number of hydrogen-bond donors (Lipinski definition) is 1. The molecule has 1 atom stereocenters. The van der Waals surface area contributed by atoms with Crippen molar-refractivity contribution in [3.63, 3.8) is 0 Å². The number of urea groups is 1. The van der Waals surface area contributed by atoms with Crippen LogP contribution >= 0.6 is 0 Å². The molecule has 0 spiro atoms. The number of carbonyl (C=O) groups excluding carboxylic acids is 1. The van der Waals surface area contributed by atoms with Crippen molar-refractivity contribution in [2.45, 2.75) is 51.7 Å². The first-order valence-electron chi connectivity index (χ1n) is 7.90. The number of nitrogens with one attached hydrogen (secondary N) is 1. The Morgan fingerprint density at radius 2 is 1.80 bits per heavy atom. The van der Waals surface area contributed by atoms with Crippen LogP contribution < -0.4 is 5.32 Å². The first kappa shape index (κ1) is 15.6. The van der Waals surface area contributed by atoms with Crippen LogP contribution in [0.3, 0.4) is 0 Å². The van der Waals surface area contributed by atoms with E-state index in [2.05, 4.69) is 12.2 Å². The molecular formula is C15H28N2O3. The molecule has 5 heteroatoms. The summed E-state index contributed by atoms with van der Waals surface area (Å²) >= 11 is 0. The van der Waals surface area contributed by atoms with Gasteiger partial charge in [0.25, 0.3) is 0 Å². The summed E-state index contributed by atoms with van der Waals surface area (Å²) in [4.78, 5) is 14.1. The number of nitrogens with zero attached hydrogens (tertiary/aromatic N) is 1. The van der Waals surface area contributed by atoms with Gasteiger partial charge in [0, 0.05) is 26.1 Å². The standard InChI is InChI=1S/C15H28N2O3/c1-13(11-15(2)19-9-10-20-15)12-16-14(18)17-7-5-3-4-6-8-17/h13H,3-12H2,1-2H3,(H,16,18)/t13-/m1/s1. The van der Waals surface area contributed by atoms with E-state index >= 15 is 0 Å². The van der Waals surface area contributed by atoms with E-state index in [1.54, 1.807) is 0 Å². The minimum atomic E-state index is -0.466. The molecule has 20 heavy (non-hydrogen) atoms. The number of ether oxygens (including phenoxy) is 2. The van der Waals surface area contributed by atoms with E-state index in [1.165, 1.54) is 12.8 Å². The van der Waals surface area contributed by atoms with Gasteiger partial charge in [-0.1, -0.05) is 19.8 Å². The Morgan fingerprint density at radius 3 is 2.40 bits per heavy atom. The molecule has 0 radical (unpaired) electrons. The lowest BCUT2D eigenvalue weighted by Gasteiger charge is -2.27. The predicted octanol–water partition coefficient (Wildman–Crippen LogP) is 2.36. The van der Waals surface area contributed by atoms with Gasteiger partial charge in [-0.2, -0.15) is 0 Å². The Bertz CT molecular complexity index is 308. The molecule has 116 valence electrons. The molecule has 2 aliphatic rings. The van der Waals surface area contributed by atoms with Gasteiger partial charge in [0.2, 0.25) is 0 Å². The first-order valence-corrected chi connectivity index (χ1v) is 7.90. The maximum absolute atomic E-state index is 12.1. The van der Waals surface area contributed by atoms with Crippen LogP contribution in [0.1, 0.15) is 46.0 Å². The second kappa shape index (κ2) is 7.27. The number of amides is 2. The average Bonchev–Trinajstić information content (AvgIpc) is 2.68. The fourth-order valence-electron chi connectivity index (χ4n) is 3.03. The quantitative estimate of drug-likeness (QED) is 0.862. The van der Waals surface area contributed by atoms with Gasteiger partial charge in [-0.3, -0.25) is 0 Å². The van der Waals surface area contributed by atoms with E-state index in [4.69, 9.17) is 9.47 Å². The summed E-state index contributed by atoms with van der Waals surface area (Å²) < 4.78 is 11.2. The third kappa shape index (κ3) is 4.63. The molecule has 0 aliphatic carbocycles. The SMILES string of the molecule is C[C@@H](CNC(=O)N1CCCCCC1)CC1(C)OCCO1. The fourth-order valence-corrected chi connectivity index (χ4v) is 3.03. The summed E-state index contributed by atoms with van der Waals surface area (Å²) in [5.41, 5.74) is 0. The van der Waals surface area contributed by atoms with Crippen molar-refractivity contribution < 1.29 is 14.3 Å². The summed E-state index contributed by atoms with van der Waals surface area (Å²) in [7, 11) is 0. The zero-order chi connectivity index (χ0) is 14.4. The Kier molecular flexibility index (Phi) is 5.66. The number of rotatable bonds is 4. The molecule has 0 aromatic carbocycles. The summed E-state index contributed by atoms with van der Waals surface area (Å²) in [6.07, 6.45) is 5.55. The lowest BCUT2D eigenvalue weighted by atomic mass is 10.0. The van der Waals surface area contributed by atoms with Crippen LogP contribution in [-0.2, 0) is 9.47 Å². The van der Waals surface area contributed by atoms with Crippen LogP contribution in [0.25, 0.3) is 0 Å². The van der Waals surface area contributed by atoms with Crippen molar-refractivity contribution in [2.75, 3.05) is 32.8 Å². The van der Waals surface area contributed by atoms with Gasteiger partial charge in [-0.05, 0) is 25.7 Å². The van der Waals surface area contributed by atoms with E-state index in [0.29, 0.717) is 25.7 Å². The Labute approximate surface area is 122 Å². The molecule has 2 aliphatic heterocycles. The monoisotopic (exact) mass is 284 g/mol. The van der Waals surface area contributed by atoms with Gasteiger partial charge in [0.1, 0.15) is 0 Å². The van der Waals surface area contributed by atoms with Crippen LogP contribution in [0.5, 0.6) is 0 Å². The molecule has 2 amide bonds.